The van der Waals surface area contributed by atoms with Crippen LogP contribution in [0.15, 0.2) is 74.9 Å². The van der Waals surface area contributed by atoms with E-state index in [1.807, 2.05) is 24.3 Å². The molecule has 0 aliphatic carbocycles. The Bertz CT molecular complexity index is 208. The van der Waals surface area contributed by atoms with Gasteiger partial charge in [0.25, 0.3) is 0 Å². The molecular weight excluding hydrogens is 251 g/mol. The summed E-state index contributed by atoms with van der Waals surface area (Å²) in [6.07, 6.45) is 19.7. The van der Waals surface area contributed by atoms with Crippen molar-refractivity contribution in [3.05, 3.63) is 74.9 Å². The third-order valence-corrected chi connectivity index (χ3v) is 1.62. The minimum absolute atomic E-state index is 0. The predicted octanol–water partition coefficient (Wildman–Crippen LogP) is 5.39. The standard InChI is InChI=1S/2C8H12.Ni/c2*1-3-5-7-8-6-4-2;/h2*3-5,7H,1-2,6,8H2;/q;;+2/b2*7-5+;. The first-order valence-electron chi connectivity index (χ1n) is 5.60. The van der Waals surface area contributed by atoms with Gasteiger partial charge in [0.15, 0.2) is 0 Å². The van der Waals surface area contributed by atoms with Crippen LogP contribution in [0.2, 0.25) is 0 Å². The van der Waals surface area contributed by atoms with Gasteiger partial charge in [0.05, 0.1) is 0 Å². The maximum Gasteiger partial charge on any atom is 2.00 e. The van der Waals surface area contributed by atoms with Gasteiger partial charge in [-0.25, -0.2) is 0 Å². The second-order valence-electron chi connectivity index (χ2n) is 3.06. The molecule has 0 fully saturated rings. The summed E-state index contributed by atoms with van der Waals surface area (Å²) in [6, 6.07) is 0. The van der Waals surface area contributed by atoms with Gasteiger partial charge in [-0.15, -0.1) is 13.2 Å². The molecule has 0 saturated heterocycles. The van der Waals surface area contributed by atoms with Crippen molar-refractivity contribution < 1.29 is 16.5 Å². The second kappa shape index (κ2) is 24.3. The molecule has 0 heterocycles. The molecule has 1 heteroatoms. The summed E-state index contributed by atoms with van der Waals surface area (Å²) in [5.74, 6) is 0. The minimum atomic E-state index is 0. The summed E-state index contributed by atoms with van der Waals surface area (Å²) in [5.41, 5.74) is 0. The van der Waals surface area contributed by atoms with Gasteiger partial charge in [0.1, 0.15) is 0 Å². The molecule has 0 aromatic carbocycles. The Balaban J connectivity index is -0.000000218. The SMILES string of the molecule is C=C/C=C/CCC=C.C=C/C=C/CCC=C.[Ni+2]. The van der Waals surface area contributed by atoms with Crippen molar-refractivity contribution in [2.24, 2.45) is 0 Å². The molecule has 0 nitrogen and oxygen atoms in total. The number of allylic oxidation sites excluding steroid dienone is 8. The molecule has 0 spiro atoms. The first-order chi connectivity index (χ1) is 7.83. The van der Waals surface area contributed by atoms with E-state index in [9.17, 15) is 0 Å². The molecule has 0 radical (unpaired) electrons. The Morgan fingerprint density at radius 3 is 1.18 bits per heavy atom. The summed E-state index contributed by atoms with van der Waals surface area (Å²) in [6.45, 7) is 14.3. The smallest absolute Gasteiger partial charge is 0.103 e. The Hall–Kier alpha value is -1.07. The second-order valence-corrected chi connectivity index (χ2v) is 3.06. The molecule has 0 unspecified atom stereocenters. The molecule has 0 aliphatic rings. The molecule has 0 aliphatic heterocycles. The fourth-order valence-corrected chi connectivity index (χ4v) is 0.813. The van der Waals surface area contributed by atoms with Gasteiger partial charge in [-0.05, 0) is 25.7 Å². The van der Waals surface area contributed by atoms with E-state index in [-0.39, 0.29) is 16.5 Å². The van der Waals surface area contributed by atoms with Gasteiger partial charge in [-0.3, -0.25) is 0 Å². The van der Waals surface area contributed by atoms with Crippen LogP contribution in [0.1, 0.15) is 25.7 Å². The summed E-state index contributed by atoms with van der Waals surface area (Å²) >= 11 is 0. The first kappa shape index (κ1) is 21.2. The van der Waals surface area contributed by atoms with Crippen LogP contribution in [-0.2, 0) is 16.5 Å². The Morgan fingerprint density at radius 1 is 0.588 bits per heavy atom. The van der Waals surface area contributed by atoms with E-state index >= 15 is 0 Å². The summed E-state index contributed by atoms with van der Waals surface area (Å²) in [7, 11) is 0. The van der Waals surface area contributed by atoms with Crippen LogP contribution in [0.5, 0.6) is 0 Å². The van der Waals surface area contributed by atoms with Crippen molar-refractivity contribution in [3.63, 3.8) is 0 Å². The van der Waals surface area contributed by atoms with E-state index in [4.69, 9.17) is 0 Å². The summed E-state index contributed by atoms with van der Waals surface area (Å²) in [5, 5.41) is 0. The van der Waals surface area contributed by atoms with Crippen LogP contribution in [-0.4, -0.2) is 0 Å². The maximum atomic E-state index is 3.60. The van der Waals surface area contributed by atoms with Crippen LogP contribution < -0.4 is 0 Å². The van der Waals surface area contributed by atoms with E-state index < -0.39 is 0 Å². The van der Waals surface area contributed by atoms with Gasteiger partial charge in [-0.2, -0.15) is 0 Å². The zero-order valence-electron chi connectivity index (χ0n) is 10.6. The Labute approximate surface area is 117 Å². The molecule has 96 valence electrons. The molecule has 0 rings (SSSR count). The van der Waals surface area contributed by atoms with E-state index in [1.165, 1.54) is 0 Å². The zero-order valence-corrected chi connectivity index (χ0v) is 11.6. The average Bonchev–Trinajstić information content (AvgIpc) is 2.31. The fraction of sp³-hybridized carbons (Fsp3) is 0.250. The monoisotopic (exact) mass is 274 g/mol. The van der Waals surface area contributed by atoms with E-state index in [0.29, 0.717) is 0 Å². The average molecular weight is 275 g/mol. The molecule has 0 N–H and O–H groups in total. The number of hydrogen-bond donors (Lipinski definition) is 0. The summed E-state index contributed by atoms with van der Waals surface area (Å²) in [4.78, 5) is 0. The van der Waals surface area contributed by atoms with E-state index in [1.54, 1.807) is 12.2 Å². The molecule has 0 atom stereocenters. The molecular formula is C16H24Ni+2. The number of hydrogen-bond acceptors (Lipinski definition) is 0. The van der Waals surface area contributed by atoms with E-state index in [0.717, 1.165) is 25.7 Å². The van der Waals surface area contributed by atoms with Gasteiger partial charge >= 0.3 is 16.5 Å². The Morgan fingerprint density at radius 2 is 0.941 bits per heavy atom. The topological polar surface area (TPSA) is 0 Å². The maximum absolute atomic E-state index is 3.60. The van der Waals surface area contributed by atoms with Crippen LogP contribution in [0, 0.1) is 0 Å². The molecule has 0 amide bonds. The van der Waals surface area contributed by atoms with Gasteiger partial charge < -0.3 is 0 Å². The molecule has 0 aromatic heterocycles. The van der Waals surface area contributed by atoms with Crippen molar-refractivity contribution in [2.45, 2.75) is 25.7 Å². The van der Waals surface area contributed by atoms with Crippen molar-refractivity contribution >= 4 is 0 Å². The normalized spacial score (nSPS) is 8.94. The van der Waals surface area contributed by atoms with Crippen molar-refractivity contribution in [1.82, 2.24) is 0 Å². The fourth-order valence-electron chi connectivity index (χ4n) is 0.813. The van der Waals surface area contributed by atoms with Crippen molar-refractivity contribution in [3.8, 4) is 0 Å². The first-order valence-corrected chi connectivity index (χ1v) is 5.60. The quantitative estimate of drug-likeness (QED) is 0.241. The third-order valence-electron chi connectivity index (χ3n) is 1.62. The molecule has 0 aromatic rings. The van der Waals surface area contributed by atoms with Gasteiger partial charge in [-0.1, -0.05) is 61.8 Å². The number of unbranched alkanes of at least 4 members (excludes halogenated alkanes) is 2. The molecule has 0 bridgehead atoms. The predicted molar refractivity (Wildman–Crippen MR) is 77.5 cm³/mol. The zero-order chi connectivity index (χ0) is 12.5. The largest absolute Gasteiger partial charge is 2.00 e. The Kier molecular flexibility index (Phi) is 30.3. The van der Waals surface area contributed by atoms with Crippen LogP contribution in [0.4, 0.5) is 0 Å². The molecule has 0 saturated carbocycles. The van der Waals surface area contributed by atoms with E-state index in [2.05, 4.69) is 38.5 Å². The van der Waals surface area contributed by atoms with Crippen LogP contribution in [0.3, 0.4) is 0 Å². The minimum Gasteiger partial charge on any atom is -0.103 e. The third kappa shape index (κ3) is 31.3. The number of rotatable bonds is 8. The summed E-state index contributed by atoms with van der Waals surface area (Å²) < 4.78 is 0. The van der Waals surface area contributed by atoms with Crippen molar-refractivity contribution in [1.29, 1.82) is 0 Å². The van der Waals surface area contributed by atoms with Crippen LogP contribution >= 0.6 is 0 Å². The van der Waals surface area contributed by atoms with Gasteiger partial charge in [0, 0.05) is 0 Å². The van der Waals surface area contributed by atoms with Crippen molar-refractivity contribution in [2.75, 3.05) is 0 Å². The van der Waals surface area contributed by atoms with Crippen LogP contribution in [0.25, 0.3) is 0 Å². The molecule has 17 heavy (non-hydrogen) atoms. The van der Waals surface area contributed by atoms with Gasteiger partial charge in [0.2, 0.25) is 0 Å².